The molecule has 2 saturated heterocycles. The number of aromatic amines is 1. The van der Waals surface area contributed by atoms with Crippen LogP contribution in [-0.4, -0.2) is 46.2 Å². The van der Waals surface area contributed by atoms with Crippen molar-refractivity contribution in [2.24, 2.45) is 0 Å². The van der Waals surface area contributed by atoms with Crippen molar-refractivity contribution in [1.82, 2.24) is 15.3 Å². The van der Waals surface area contributed by atoms with Crippen molar-refractivity contribution < 1.29 is 14.3 Å². The van der Waals surface area contributed by atoms with Crippen molar-refractivity contribution in [3.63, 3.8) is 0 Å². The average Bonchev–Trinajstić information content (AvgIpc) is 3.49. The lowest BCUT2D eigenvalue weighted by Crippen LogP contribution is -2.43. The normalized spacial score (nSPS) is 20.2. The number of H-pyrrole nitrogens is 1. The molecule has 0 saturated carbocycles. The molecule has 2 fully saturated rings. The average molecular weight is 590 g/mol. The van der Waals surface area contributed by atoms with Gasteiger partial charge in [-0.15, -0.1) is 45.3 Å². The van der Waals surface area contributed by atoms with Gasteiger partial charge >= 0.3 is 5.97 Å². The Morgan fingerprint density at radius 1 is 1.22 bits per heavy atom. The third kappa shape index (κ3) is 4.61. The topological polar surface area (TPSA) is 98.3 Å². The zero-order valence-electron chi connectivity index (χ0n) is 17.0. The zero-order chi connectivity index (χ0) is 20.8. The summed E-state index contributed by atoms with van der Waals surface area (Å²) in [6, 6.07) is 8.07. The number of carbonyl (C=O) groups is 1. The van der Waals surface area contributed by atoms with Crippen LogP contribution in [-0.2, 0) is 12.8 Å². The van der Waals surface area contributed by atoms with Gasteiger partial charge in [0, 0.05) is 35.7 Å². The summed E-state index contributed by atoms with van der Waals surface area (Å²) in [5, 5.41) is 12.8. The van der Waals surface area contributed by atoms with Crippen molar-refractivity contribution in [2.75, 3.05) is 18.0 Å². The predicted molar refractivity (Wildman–Crippen MR) is 134 cm³/mol. The maximum Gasteiger partial charge on any atom is 0.372 e. The summed E-state index contributed by atoms with van der Waals surface area (Å²) in [6.07, 6.45) is 4.17. The molecule has 2 aliphatic heterocycles. The van der Waals surface area contributed by atoms with Crippen LogP contribution in [0.4, 0.5) is 10.1 Å². The summed E-state index contributed by atoms with van der Waals surface area (Å²) in [5.74, 6) is -1.64. The summed E-state index contributed by atoms with van der Waals surface area (Å²) in [6.45, 7) is 2.14. The van der Waals surface area contributed by atoms with Gasteiger partial charge in [-0.2, -0.15) is 0 Å². The Bertz CT molecular complexity index is 1180. The number of aromatic nitrogens is 2. The number of nitrogens with zero attached hydrogens (tertiary/aromatic N) is 2. The molecule has 2 aromatic heterocycles. The number of anilines is 1. The van der Waals surface area contributed by atoms with E-state index in [0.29, 0.717) is 22.3 Å². The maximum absolute atomic E-state index is 12.7. The molecule has 172 valence electrons. The van der Waals surface area contributed by atoms with E-state index >= 15 is 0 Å². The van der Waals surface area contributed by atoms with Gasteiger partial charge in [0.2, 0.25) is 5.82 Å². The number of carboxylic acids is 1. The standard InChI is InChI=1S/C11H13FN2.C10H8N2O3S.2BrH/c12-8-1-3-10(4-2-8)14-7-9-5-11(14)6-13-9;13-8-6-4-2-1-3-5(4)16-9(6)12-7(11-8)10(14)15;;/h1-4,9,11,13H,5-7H2;1-3H2,(H,14,15)(H,11,12,13);2*1H/t9-,11-;;;/m0.../s1. The SMILES string of the molecule is Br.Br.Fc1ccc(N2C[C@@H]3C[C@H]2CN3)cc1.O=C(O)c1nc2sc3c(c2c(=O)[nH]1)CCC3. The number of fused-ring (bicyclic) bond motifs is 5. The van der Waals surface area contributed by atoms with E-state index in [0.717, 1.165) is 43.6 Å². The van der Waals surface area contributed by atoms with Gasteiger partial charge in [0.25, 0.3) is 5.56 Å². The van der Waals surface area contributed by atoms with Crippen molar-refractivity contribution in [2.45, 2.75) is 37.8 Å². The minimum Gasteiger partial charge on any atom is -0.475 e. The van der Waals surface area contributed by atoms with Gasteiger partial charge in [-0.1, -0.05) is 0 Å². The molecule has 2 bridgehead atoms. The second-order valence-electron chi connectivity index (χ2n) is 7.88. The fourth-order valence-corrected chi connectivity index (χ4v) is 5.88. The van der Waals surface area contributed by atoms with Crippen LogP contribution in [0.5, 0.6) is 0 Å². The van der Waals surface area contributed by atoms with Gasteiger partial charge in [-0.05, 0) is 55.5 Å². The second-order valence-corrected chi connectivity index (χ2v) is 8.96. The lowest BCUT2D eigenvalue weighted by atomic mass is 10.2. The Hall–Kier alpha value is -1.82. The first-order valence-electron chi connectivity index (χ1n) is 10.0. The van der Waals surface area contributed by atoms with Crippen molar-refractivity contribution in [1.29, 1.82) is 0 Å². The molecule has 32 heavy (non-hydrogen) atoms. The fraction of sp³-hybridized carbons (Fsp3) is 0.381. The third-order valence-electron chi connectivity index (χ3n) is 5.99. The summed E-state index contributed by atoms with van der Waals surface area (Å²) < 4.78 is 12.7. The van der Waals surface area contributed by atoms with Gasteiger partial charge in [-0.3, -0.25) is 4.79 Å². The molecule has 3 N–H and O–H groups in total. The molecular weight excluding hydrogens is 567 g/mol. The smallest absolute Gasteiger partial charge is 0.372 e. The summed E-state index contributed by atoms with van der Waals surface area (Å²) in [5.41, 5.74) is 1.88. The fourth-order valence-electron chi connectivity index (χ4n) is 4.61. The van der Waals surface area contributed by atoms with Crippen LogP contribution in [0.3, 0.4) is 0 Å². The van der Waals surface area contributed by atoms with Crippen LogP contribution in [0, 0.1) is 5.82 Å². The minimum absolute atomic E-state index is 0. The van der Waals surface area contributed by atoms with E-state index in [1.54, 1.807) is 0 Å². The lowest BCUT2D eigenvalue weighted by Gasteiger charge is -2.29. The number of rotatable bonds is 2. The predicted octanol–water partition coefficient (Wildman–Crippen LogP) is 3.70. The van der Waals surface area contributed by atoms with Crippen molar-refractivity contribution >= 4 is 67.2 Å². The molecule has 11 heteroatoms. The Kier molecular flexibility index (Phi) is 7.74. The van der Waals surface area contributed by atoms with E-state index in [-0.39, 0.29) is 51.2 Å². The molecule has 1 aromatic carbocycles. The quantitative estimate of drug-likeness (QED) is 0.422. The number of piperazine rings is 1. The number of nitrogens with one attached hydrogen (secondary N) is 2. The number of hydrogen-bond donors (Lipinski definition) is 3. The molecule has 2 atom stereocenters. The van der Waals surface area contributed by atoms with E-state index in [1.165, 1.54) is 34.8 Å². The number of halogens is 3. The molecular formula is C21H23Br2FN4O3S. The Morgan fingerprint density at radius 3 is 2.59 bits per heavy atom. The highest BCUT2D eigenvalue weighted by Gasteiger charge is 2.37. The van der Waals surface area contributed by atoms with Gasteiger partial charge in [0.05, 0.1) is 5.39 Å². The molecule has 0 unspecified atom stereocenters. The van der Waals surface area contributed by atoms with E-state index in [9.17, 15) is 14.0 Å². The molecule has 3 aliphatic rings. The number of thiophene rings is 1. The number of aromatic carboxylic acids is 1. The number of hydrogen-bond acceptors (Lipinski definition) is 6. The summed E-state index contributed by atoms with van der Waals surface area (Å²) in [4.78, 5) is 32.9. The first-order chi connectivity index (χ1) is 14.5. The number of aryl methyl sites for hydroxylation is 2. The van der Waals surface area contributed by atoms with Gasteiger partial charge in [0.1, 0.15) is 10.6 Å². The zero-order valence-corrected chi connectivity index (χ0v) is 21.2. The highest BCUT2D eigenvalue weighted by atomic mass is 79.9. The summed E-state index contributed by atoms with van der Waals surface area (Å²) in [7, 11) is 0. The summed E-state index contributed by atoms with van der Waals surface area (Å²) >= 11 is 1.44. The van der Waals surface area contributed by atoms with E-state index in [4.69, 9.17) is 5.11 Å². The first-order valence-corrected chi connectivity index (χ1v) is 10.8. The van der Waals surface area contributed by atoms with E-state index < -0.39 is 5.97 Å². The van der Waals surface area contributed by atoms with Gasteiger partial charge < -0.3 is 20.3 Å². The molecule has 3 aromatic rings. The second kappa shape index (κ2) is 9.98. The first kappa shape index (κ1) is 24.8. The molecule has 0 radical (unpaired) electrons. The molecule has 1 aliphatic carbocycles. The largest absolute Gasteiger partial charge is 0.475 e. The van der Waals surface area contributed by atoms with Crippen LogP contribution in [0.15, 0.2) is 29.1 Å². The van der Waals surface area contributed by atoms with Crippen LogP contribution in [0.1, 0.15) is 33.9 Å². The minimum atomic E-state index is -1.20. The number of carboxylic acid groups (broad SMARTS) is 1. The Labute approximate surface area is 208 Å². The lowest BCUT2D eigenvalue weighted by molar-refractivity contribution is 0.0683. The van der Waals surface area contributed by atoms with Crippen LogP contribution >= 0.6 is 45.3 Å². The van der Waals surface area contributed by atoms with Crippen molar-refractivity contribution in [3.05, 3.63) is 56.7 Å². The Morgan fingerprint density at radius 2 is 1.97 bits per heavy atom. The van der Waals surface area contributed by atoms with Crippen molar-refractivity contribution in [3.8, 4) is 0 Å². The van der Waals surface area contributed by atoms with E-state index in [1.807, 2.05) is 12.1 Å². The van der Waals surface area contributed by atoms with E-state index in [2.05, 4.69) is 20.2 Å². The van der Waals surface area contributed by atoms with Crippen LogP contribution in [0.25, 0.3) is 10.2 Å². The molecule has 0 amide bonds. The monoisotopic (exact) mass is 588 g/mol. The van der Waals surface area contributed by atoms with Gasteiger partial charge in [-0.25, -0.2) is 14.2 Å². The van der Waals surface area contributed by atoms with Crippen LogP contribution < -0.4 is 15.8 Å². The van der Waals surface area contributed by atoms with Crippen LogP contribution in [0.2, 0.25) is 0 Å². The highest BCUT2D eigenvalue weighted by molar-refractivity contribution is 8.93. The van der Waals surface area contributed by atoms with Gasteiger partial charge in [0.15, 0.2) is 0 Å². The molecule has 0 spiro atoms. The third-order valence-corrected chi connectivity index (χ3v) is 7.18. The highest BCUT2D eigenvalue weighted by Crippen LogP contribution is 2.34. The molecule has 6 rings (SSSR count). The molecule has 4 heterocycles. The maximum atomic E-state index is 12.7. The molecule has 7 nitrogen and oxygen atoms in total. The number of benzene rings is 1. The Balaban J connectivity index is 0.000000171.